The normalized spacial score (nSPS) is 10.8. The van der Waals surface area contributed by atoms with E-state index in [1.54, 1.807) is 0 Å². The molecule has 1 rings (SSSR count). The second-order valence-corrected chi connectivity index (χ2v) is 9.40. The maximum Gasteiger partial charge on any atom is 0.339 e. The zero-order valence-corrected chi connectivity index (χ0v) is 23.0. The number of Topliss-reactive ketones (excluding diaryl/α,β-unsaturated/α-hetero) is 2. The zero-order valence-electron chi connectivity index (χ0n) is 23.0. The molecule has 0 fully saturated rings. The highest BCUT2D eigenvalue weighted by Crippen LogP contribution is 2.46. The van der Waals surface area contributed by atoms with E-state index in [1.807, 2.05) is 20.8 Å². The van der Waals surface area contributed by atoms with Crippen LogP contribution in [0.15, 0.2) is 0 Å². The molecular formula is C29H44O8. The number of carbonyl (C=O) groups excluding carboxylic acids is 4. The number of phenolic OH excluding ortho intramolecular Hbond substituents is 2. The molecule has 0 heterocycles. The predicted molar refractivity (Wildman–Crippen MR) is 142 cm³/mol. The molecule has 37 heavy (non-hydrogen) atoms. The lowest BCUT2D eigenvalue weighted by Crippen LogP contribution is -2.20. The minimum absolute atomic E-state index is 0.0116. The van der Waals surface area contributed by atoms with Gasteiger partial charge in [-0.05, 0) is 19.3 Å². The van der Waals surface area contributed by atoms with Gasteiger partial charge < -0.3 is 19.7 Å². The molecule has 0 spiro atoms. The average molecular weight is 521 g/mol. The molecule has 0 aliphatic carbocycles. The maximum absolute atomic E-state index is 13.4. The first kappa shape index (κ1) is 32.1. The zero-order chi connectivity index (χ0) is 27.8. The van der Waals surface area contributed by atoms with Crippen LogP contribution >= 0.6 is 0 Å². The Kier molecular flexibility index (Phi) is 15.2. The van der Waals surface area contributed by atoms with E-state index in [0.717, 1.165) is 64.9 Å². The molecule has 0 saturated carbocycles. The number of hydrogen-bond donors (Lipinski definition) is 2. The number of hydrogen-bond acceptors (Lipinski definition) is 8. The molecule has 0 unspecified atom stereocenters. The highest BCUT2D eigenvalue weighted by Gasteiger charge is 2.35. The summed E-state index contributed by atoms with van der Waals surface area (Å²) < 4.78 is 10.3. The van der Waals surface area contributed by atoms with Crippen LogP contribution in [0, 0.1) is 0 Å². The van der Waals surface area contributed by atoms with E-state index in [2.05, 4.69) is 0 Å². The van der Waals surface area contributed by atoms with Crippen molar-refractivity contribution in [1.29, 1.82) is 0 Å². The summed E-state index contributed by atoms with van der Waals surface area (Å²) in [7, 11) is 1.09. The van der Waals surface area contributed by atoms with Crippen molar-refractivity contribution in [2.24, 2.45) is 0 Å². The molecule has 1 aromatic carbocycles. The van der Waals surface area contributed by atoms with E-state index in [1.165, 1.54) is 0 Å². The van der Waals surface area contributed by atoms with Gasteiger partial charge in [0.25, 0.3) is 0 Å². The number of benzene rings is 1. The first-order valence-electron chi connectivity index (χ1n) is 13.7. The Labute approximate surface area is 220 Å². The van der Waals surface area contributed by atoms with Crippen LogP contribution in [0.4, 0.5) is 0 Å². The molecule has 0 atom stereocenters. The second kappa shape index (κ2) is 17.5. The summed E-state index contributed by atoms with van der Waals surface area (Å²) >= 11 is 0. The smallest absolute Gasteiger partial charge is 0.339 e. The topological polar surface area (TPSA) is 127 Å². The van der Waals surface area contributed by atoms with Crippen molar-refractivity contribution < 1.29 is 38.9 Å². The van der Waals surface area contributed by atoms with E-state index in [-0.39, 0.29) is 19.3 Å². The van der Waals surface area contributed by atoms with Gasteiger partial charge in [-0.15, -0.1) is 0 Å². The van der Waals surface area contributed by atoms with Crippen LogP contribution in [0.5, 0.6) is 17.2 Å². The fourth-order valence-corrected chi connectivity index (χ4v) is 4.18. The van der Waals surface area contributed by atoms with Crippen molar-refractivity contribution in [2.45, 2.75) is 117 Å². The van der Waals surface area contributed by atoms with Gasteiger partial charge in [0.05, 0.1) is 23.8 Å². The molecule has 8 nitrogen and oxygen atoms in total. The SMILES string of the molecule is CCCCCCC(=O)Oc1c(O)c(O)c(C(=O)CCCCCC)c(C(=O)OC)c1C(=O)CCCCCC. The van der Waals surface area contributed by atoms with Gasteiger partial charge in [-0.3, -0.25) is 14.4 Å². The summed E-state index contributed by atoms with van der Waals surface area (Å²) in [6.07, 6.45) is 9.69. The van der Waals surface area contributed by atoms with Crippen molar-refractivity contribution in [3.63, 3.8) is 0 Å². The first-order chi connectivity index (χ1) is 17.7. The molecule has 0 amide bonds. The maximum atomic E-state index is 13.4. The van der Waals surface area contributed by atoms with Crippen LogP contribution in [0.3, 0.4) is 0 Å². The van der Waals surface area contributed by atoms with Gasteiger partial charge in [0, 0.05) is 19.3 Å². The highest BCUT2D eigenvalue weighted by molar-refractivity contribution is 6.17. The van der Waals surface area contributed by atoms with Gasteiger partial charge in [0.2, 0.25) is 5.75 Å². The number of ether oxygens (including phenoxy) is 2. The summed E-state index contributed by atoms with van der Waals surface area (Å²) in [5.74, 6) is -5.28. The monoisotopic (exact) mass is 520 g/mol. The Morgan fingerprint density at radius 3 is 1.51 bits per heavy atom. The third-order valence-corrected chi connectivity index (χ3v) is 6.32. The largest absolute Gasteiger partial charge is 0.504 e. The van der Waals surface area contributed by atoms with Crippen LogP contribution in [0.2, 0.25) is 0 Å². The summed E-state index contributed by atoms with van der Waals surface area (Å²) in [4.78, 5) is 52.0. The molecule has 208 valence electrons. The number of unbranched alkanes of at least 4 members (excludes halogenated alkanes) is 9. The highest BCUT2D eigenvalue weighted by atomic mass is 16.5. The Morgan fingerprint density at radius 2 is 1.05 bits per heavy atom. The lowest BCUT2D eigenvalue weighted by Gasteiger charge is -2.19. The molecule has 0 aliphatic heterocycles. The molecule has 1 aromatic rings. The molecule has 0 aliphatic rings. The number of phenols is 2. The quantitative estimate of drug-likeness (QED) is 0.0652. The van der Waals surface area contributed by atoms with Gasteiger partial charge in [-0.25, -0.2) is 4.79 Å². The summed E-state index contributed by atoms with van der Waals surface area (Å²) in [5.41, 5.74) is -1.33. The van der Waals surface area contributed by atoms with Crippen molar-refractivity contribution in [2.75, 3.05) is 7.11 Å². The Hall–Kier alpha value is -2.90. The van der Waals surface area contributed by atoms with Crippen LogP contribution in [-0.2, 0) is 9.53 Å². The van der Waals surface area contributed by atoms with Crippen LogP contribution < -0.4 is 4.74 Å². The Bertz CT molecular complexity index is 919. The van der Waals surface area contributed by atoms with Gasteiger partial charge in [-0.1, -0.05) is 78.6 Å². The third-order valence-electron chi connectivity index (χ3n) is 6.32. The summed E-state index contributed by atoms with van der Waals surface area (Å²) in [6.45, 7) is 6.10. The predicted octanol–water partition coefficient (Wildman–Crippen LogP) is 7.07. The lowest BCUT2D eigenvalue weighted by molar-refractivity contribution is -0.134. The van der Waals surface area contributed by atoms with Crippen LogP contribution in [0.25, 0.3) is 0 Å². The number of aromatic hydroxyl groups is 2. The van der Waals surface area contributed by atoms with Gasteiger partial charge in [-0.2, -0.15) is 0 Å². The first-order valence-corrected chi connectivity index (χ1v) is 13.7. The van der Waals surface area contributed by atoms with E-state index < -0.39 is 57.4 Å². The standard InChI is InChI=1S/C29H44O8/c1-5-8-11-14-17-20(30)23-25(29(35)36-4)24(21(31)18-15-12-9-6-2)28(27(34)26(23)33)37-22(32)19-16-13-10-7-3/h33-34H,5-19H2,1-4H3. The van der Waals surface area contributed by atoms with Crippen molar-refractivity contribution >= 4 is 23.5 Å². The fraction of sp³-hybridized carbons (Fsp3) is 0.655. The second-order valence-electron chi connectivity index (χ2n) is 9.40. The van der Waals surface area contributed by atoms with Crippen molar-refractivity contribution in [3.05, 3.63) is 16.7 Å². The molecule has 2 N–H and O–H groups in total. The molecular weight excluding hydrogens is 476 g/mol. The third kappa shape index (κ3) is 9.82. The average Bonchev–Trinajstić information content (AvgIpc) is 2.88. The number of methoxy groups -OCH3 is 1. The van der Waals surface area contributed by atoms with Crippen molar-refractivity contribution in [1.82, 2.24) is 0 Å². The molecule has 0 aromatic heterocycles. The molecule has 8 heteroatoms. The molecule has 0 radical (unpaired) electrons. The Morgan fingerprint density at radius 1 is 0.595 bits per heavy atom. The van der Waals surface area contributed by atoms with E-state index in [4.69, 9.17) is 9.47 Å². The summed E-state index contributed by atoms with van der Waals surface area (Å²) in [6, 6.07) is 0. The van der Waals surface area contributed by atoms with Gasteiger partial charge >= 0.3 is 11.9 Å². The van der Waals surface area contributed by atoms with E-state index in [9.17, 15) is 29.4 Å². The van der Waals surface area contributed by atoms with Crippen LogP contribution in [0.1, 0.15) is 148 Å². The van der Waals surface area contributed by atoms with Gasteiger partial charge in [0.15, 0.2) is 23.1 Å². The minimum Gasteiger partial charge on any atom is -0.504 e. The Balaban J connectivity index is 3.58. The van der Waals surface area contributed by atoms with E-state index >= 15 is 0 Å². The number of rotatable bonds is 19. The minimum atomic E-state index is -1.02. The fourth-order valence-electron chi connectivity index (χ4n) is 4.18. The number of esters is 2. The van der Waals surface area contributed by atoms with E-state index in [0.29, 0.717) is 19.3 Å². The van der Waals surface area contributed by atoms with Gasteiger partial charge in [0.1, 0.15) is 0 Å². The molecule has 0 bridgehead atoms. The molecule has 0 saturated heterocycles. The summed E-state index contributed by atoms with van der Waals surface area (Å²) in [5, 5.41) is 21.6. The number of ketones is 2. The number of carbonyl (C=O) groups is 4. The van der Waals surface area contributed by atoms with Crippen LogP contribution in [-0.4, -0.2) is 40.8 Å². The van der Waals surface area contributed by atoms with Crippen molar-refractivity contribution in [3.8, 4) is 17.2 Å². The lowest BCUT2D eigenvalue weighted by atomic mass is 9.89.